The summed E-state index contributed by atoms with van der Waals surface area (Å²) in [5.41, 5.74) is 0. The zero-order valence-corrected chi connectivity index (χ0v) is 8.96. The SMILES string of the molecule is CCCCCCC1CC(=O)C=C(O)C1. The van der Waals surface area contributed by atoms with Crippen molar-refractivity contribution in [3.63, 3.8) is 0 Å². The van der Waals surface area contributed by atoms with Crippen molar-refractivity contribution in [3.8, 4) is 0 Å². The highest BCUT2D eigenvalue weighted by Crippen LogP contribution is 2.25. The summed E-state index contributed by atoms with van der Waals surface area (Å²) in [6, 6.07) is 0. The molecule has 0 aliphatic heterocycles. The molecule has 0 saturated heterocycles. The molecule has 1 aliphatic carbocycles. The van der Waals surface area contributed by atoms with Gasteiger partial charge in [-0.25, -0.2) is 0 Å². The van der Waals surface area contributed by atoms with E-state index in [1.165, 1.54) is 31.8 Å². The third-order valence-corrected chi connectivity index (χ3v) is 2.78. The lowest BCUT2D eigenvalue weighted by Gasteiger charge is -2.18. The van der Waals surface area contributed by atoms with Crippen molar-refractivity contribution >= 4 is 5.78 Å². The van der Waals surface area contributed by atoms with Crippen LogP contribution in [0.1, 0.15) is 51.9 Å². The van der Waals surface area contributed by atoms with E-state index < -0.39 is 0 Å². The Morgan fingerprint density at radius 3 is 2.79 bits per heavy atom. The van der Waals surface area contributed by atoms with E-state index in [0.717, 1.165) is 6.42 Å². The molecule has 1 unspecified atom stereocenters. The second-order valence-electron chi connectivity index (χ2n) is 4.23. The van der Waals surface area contributed by atoms with E-state index in [9.17, 15) is 9.90 Å². The quantitative estimate of drug-likeness (QED) is 0.684. The third kappa shape index (κ3) is 3.95. The molecular formula is C12H20O2. The second kappa shape index (κ2) is 5.84. The molecule has 2 heteroatoms. The van der Waals surface area contributed by atoms with Crippen molar-refractivity contribution in [2.45, 2.75) is 51.9 Å². The number of aliphatic hydroxyl groups is 1. The van der Waals surface area contributed by atoms with Crippen LogP contribution in [0.3, 0.4) is 0 Å². The molecule has 1 rings (SSSR count). The Balaban J connectivity index is 2.20. The molecule has 0 radical (unpaired) electrons. The fourth-order valence-electron chi connectivity index (χ4n) is 2.02. The predicted molar refractivity (Wildman–Crippen MR) is 57.2 cm³/mol. The lowest BCUT2D eigenvalue weighted by Crippen LogP contribution is -2.13. The number of aliphatic hydroxyl groups excluding tert-OH is 1. The largest absolute Gasteiger partial charge is 0.512 e. The molecule has 14 heavy (non-hydrogen) atoms. The van der Waals surface area contributed by atoms with Crippen LogP contribution in [0, 0.1) is 5.92 Å². The number of hydrogen-bond acceptors (Lipinski definition) is 2. The summed E-state index contributed by atoms with van der Waals surface area (Å²) in [5, 5.41) is 9.29. The summed E-state index contributed by atoms with van der Waals surface area (Å²) in [7, 11) is 0. The van der Waals surface area contributed by atoms with Crippen LogP contribution in [0.15, 0.2) is 11.8 Å². The predicted octanol–water partition coefficient (Wildman–Crippen LogP) is 3.38. The summed E-state index contributed by atoms with van der Waals surface area (Å²) in [4.78, 5) is 11.1. The van der Waals surface area contributed by atoms with Crippen LogP contribution in [0.2, 0.25) is 0 Å². The van der Waals surface area contributed by atoms with Crippen molar-refractivity contribution in [1.29, 1.82) is 0 Å². The maximum Gasteiger partial charge on any atom is 0.159 e. The van der Waals surface area contributed by atoms with Gasteiger partial charge in [0.15, 0.2) is 5.78 Å². The molecule has 0 aromatic rings. The molecule has 0 aromatic heterocycles. The summed E-state index contributed by atoms with van der Waals surface area (Å²) in [6.45, 7) is 2.19. The van der Waals surface area contributed by atoms with Crippen LogP contribution in [0.4, 0.5) is 0 Å². The van der Waals surface area contributed by atoms with Gasteiger partial charge in [-0.05, 0) is 12.3 Å². The Morgan fingerprint density at radius 1 is 1.36 bits per heavy atom. The fourth-order valence-corrected chi connectivity index (χ4v) is 2.02. The van der Waals surface area contributed by atoms with Crippen molar-refractivity contribution in [1.82, 2.24) is 0 Å². The first-order valence-corrected chi connectivity index (χ1v) is 5.64. The fraction of sp³-hybridized carbons (Fsp3) is 0.750. The van der Waals surface area contributed by atoms with E-state index in [2.05, 4.69) is 6.92 Å². The van der Waals surface area contributed by atoms with Crippen LogP contribution in [-0.4, -0.2) is 10.9 Å². The van der Waals surface area contributed by atoms with Gasteiger partial charge in [0, 0.05) is 18.9 Å². The van der Waals surface area contributed by atoms with Gasteiger partial charge in [-0.15, -0.1) is 0 Å². The molecular weight excluding hydrogens is 176 g/mol. The Labute approximate surface area is 86.0 Å². The maximum atomic E-state index is 11.1. The van der Waals surface area contributed by atoms with E-state index >= 15 is 0 Å². The number of carbonyl (C=O) groups excluding carboxylic acids is 1. The first-order valence-electron chi connectivity index (χ1n) is 5.64. The van der Waals surface area contributed by atoms with Crippen LogP contribution in [-0.2, 0) is 4.79 Å². The van der Waals surface area contributed by atoms with Crippen LogP contribution in [0.5, 0.6) is 0 Å². The zero-order valence-electron chi connectivity index (χ0n) is 8.96. The zero-order chi connectivity index (χ0) is 10.4. The number of allylic oxidation sites excluding steroid dienone is 2. The average molecular weight is 196 g/mol. The number of carbonyl (C=O) groups is 1. The lowest BCUT2D eigenvalue weighted by molar-refractivity contribution is -0.116. The monoisotopic (exact) mass is 196 g/mol. The molecule has 1 aliphatic rings. The molecule has 0 amide bonds. The summed E-state index contributed by atoms with van der Waals surface area (Å²) in [6.07, 6.45) is 8.78. The Morgan fingerprint density at radius 2 is 2.14 bits per heavy atom. The van der Waals surface area contributed by atoms with E-state index in [4.69, 9.17) is 0 Å². The van der Waals surface area contributed by atoms with Crippen molar-refractivity contribution in [3.05, 3.63) is 11.8 Å². The molecule has 0 heterocycles. The van der Waals surface area contributed by atoms with Crippen molar-refractivity contribution in [2.75, 3.05) is 0 Å². The van der Waals surface area contributed by atoms with Crippen molar-refractivity contribution in [2.24, 2.45) is 5.92 Å². The topological polar surface area (TPSA) is 37.3 Å². The molecule has 2 nitrogen and oxygen atoms in total. The van der Waals surface area contributed by atoms with Gasteiger partial charge >= 0.3 is 0 Å². The molecule has 80 valence electrons. The van der Waals surface area contributed by atoms with Gasteiger partial charge in [0.25, 0.3) is 0 Å². The van der Waals surface area contributed by atoms with E-state index in [1.807, 2.05) is 0 Å². The second-order valence-corrected chi connectivity index (χ2v) is 4.23. The van der Waals surface area contributed by atoms with E-state index in [-0.39, 0.29) is 11.5 Å². The summed E-state index contributed by atoms with van der Waals surface area (Å²) < 4.78 is 0. The van der Waals surface area contributed by atoms with Gasteiger partial charge in [0.05, 0.1) is 5.76 Å². The van der Waals surface area contributed by atoms with Gasteiger partial charge in [-0.2, -0.15) is 0 Å². The summed E-state index contributed by atoms with van der Waals surface area (Å²) >= 11 is 0. The first kappa shape index (κ1) is 11.3. The van der Waals surface area contributed by atoms with Gasteiger partial charge < -0.3 is 5.11 Å². The summed E-state index contributed by atoms with van der Waals surface area (Å²) in [5.74, 6) is 0.764. The lowest BCUT2D eigenvalue weighted by atomic mass is 9.88. The average Bonchev–Trinajstić information content (AvgIpc) is 2.11. The highest BCUT2D eigenvalue weighted by molar-refractivity contribution is 5.91. The van der Waals surface area contributed by atoms with E-state index in [1.54, 1.807) is 0 Å². The minimum atomic E-state index is 0.0919. The van der Waals surface area contributed by atoms with Crippen LogP contribution < -0.4 is 0 Å². The first-order chi connectivity index (χ1) is 6.72. The van der Waals surface area contributed by atoms with Crippen LogP contribution in [0.25, 0.3) is 0 Å². The molecule has 1 N–H and O–H groups in total. The number of hydrogen-bond donors (Lipinski definition) is 1. The van der Waals surface area contributed by atoms with Crippen molar-refractivity contribution < 1.29 is 9.90 Å². The maximum absolute atomic E-state index is 11.1. The molecule has 0 fully saturated rings. The Kier molecular flexibility index (Phi) is 4.71. The Bertz CT molecular complexity index is 218. The van der Waals surface area contributed by atoms with E-state index in [0.29, 0.717) is 18.8 Å². The Hall–Kier alpha value is -0.790. The standard InChI is InChI=1S/C12H20O2/c1-2-3-4-5-6-10-7-11(13)9-12(14)8-10/h9-10,13H,2-8H2,1H3. The van der Waals surface area contributed by atoms with Gasteiger partial charge in [-0.1, -0.05) is 32.6 Å². The molecule has 1 atom stereocenters. The third-order valence-electron chi connectivity index (χ3n) is 2.78. The smallest absolute Gasteiger partial charge is 0.159 e. The van der Waals surface area contributed by atoms with Crippen LogP contribution >= 0.6 is 0 Å². The minimum absolute atomic E-state index is 0.0919. The highest BCUT2D eigenvalue weighted by atomic mass is 16.3. The van der Waals surface area contributed by atoms with Gasteiger partial charge in [0.1, 0.15) is 0 Å². The molecule has 0 spiro atoms. The van der Waals surface area contributed by atoms with Gasteiger partial charge in [-0.3, -0.25) is 4.79 Å². The minimum Gasteiger partial charge on any atom is -0.512 e. The van der Waals surface area contributed by atoms with Gasteiger partial charge in [0.2, 0.25) is 0 Å². The highest BCUT2D eigenvalue weighted by Gasteiger charge is 2.19. The molecule has 0 saturated carbocycles. The normalized spacial score (nSPS) is 22.2. The number of ketones is 1. The molecule has 0 bridgehead atoms. The number of rotatable bonds is 5. The molecule has 0 aromatic carbocycles. The number of unbranched alkanes of at least 4 members (excludes halogenated alkanes) is 3.